The molecule has 0 radical (unpaired) electrons. The van der Waals surface area contributed by atoms with Gasteiger partial charge in [-0.1, -0.05) is 0 Å². The first-order chi connectivity index (χ1) is 6.66. The van der Waals surface area contributed by atoms with Gasteiger partial charge in [-0.25, -0.2) is 4.98 Å². The molecule has 1 aliphatic rings. The van der Waals surface area contributed by atoms with E-state index in [1.165, 1.54) is 17.7 Å². The maximum atomic E-state index is 5.59. The number of thiazole rings is 1. The van der Waals surface area contributed by atoms with Crippen LogP contribution in [0.5, 0.6) is 0 Å². The Balaban J connectivity index is 0.00000112. The minimum atomic E-state index is 0. The molecule has 1 aromatic heterocycles. The normalized spacial score (nSPS) is 17.5. The number of nitrogen functional groups attached to an aromatic ring is 1. The van der Waals surface area contributed by atoms with Crippen LogP contribution in [0.25, 0.3) is 0 Å². The molecule has 3 nitrogen and oxygen atoms in total. The molecule has 0 spiro atoms. The summed E-state index contributed by atoms with van der Waals surface area (Å²) in [4.78, 5) is 7.71. The number of rotatable bonds is 4. The fourth-order valence-electron chi connectivity index (χ4n) is 1.72. The minimum absolute atomic E-state index is 0. The van der Waals surface area contributed by atoms with Crippen molar-refractivity contribution in [1.82, 2.24) is 9.88 Å². The van der Waals surface area contributed by atoms with Gasteiger partial charge in [-0.05, 0) is 32.7 Å². The third-order valence-electron chi connectivity index (χ3n) is 2.98. The molecule has 0 bridgehead atoms. The minimum Gasteiger partial charge on any atom is -0.375 e. The molecule has 1 unspecified atom stereocenters. The van der Waals surface area contributed by atoms with E-state index >= 15 is 0 Å². The third-order valence-corrected chi connectivity index (χ3v) is 3.79. The number of hydrogen-bond acceptors (Lipinski definition) is 4. The molecule has 0 aromatic carbocycles. The summed E-state index contributed by atoms with van der Waals surface area (Å²) >= 11 is 1.59. The fourth-order valence-corrected chi connectivity index (χ4v) is 2.47. The second-order valence-electron chi connectivity index (χ2n) is 4.16. The average molecular weight is 248 g/mol. The molecular weight excluding hydrogens is 230 g/mol. The molecule has 5 heteroatoms. The first-order valence-corrected chi connectivity index (χ1v) is 5.89. The molecule has 1 heterocycles. The Morgan fingerprint density at radius 1 is 1.67 bits per heavy atom. The summed E-state index contributed by atoms with van der Waals surface area (Å²) in [6.45, 7) is 3.29. The van der Waals surface area contributed by atoms with Crippen molar-refractivity contribution in [3.8, 4) is 0 Å². The van der Waals surface area contributed by atoms with Crippen LogP contribution < -0.4 is 5.73 Å². The molecule has 0 amide bonds. The molecule has 0 saturated heterocycles. The van der Waals surface area contributed by atoms with Gasteiger partial charge in [0.25, 0.3) is 0 Å². The van der Waals surface area contributed by atoms with Gasteiger partial charge in [-0.15, -0.1) is 23.7 Å². The lowest BCUT2D eigenvalue weighted by Gasteiger charge is -2.23. The molecule has 86 valence electrons. The predicted octanol–water partition coefficient (Wildman–Crippen LogP) is 2.38. The van der Waals surface area contributed by atoms with Gasteiger partial charge < -0.3 is 5.73 Å². The molecule has 1 aliphatic carbocycles. The van der Waals surface area contributed by atoms with Gasteiger partial charge in [-0.3, -0.25) is 4.90 Å². The first-order valence-electron chi connectivity index (χ1n) is 5.07. The topological polar surface area (TPSA) is 42.2 Å². The van der Waals surface area contributed by atoms with Crippen LogP contribution in [0.1, 0.15) is 24.6 Å². The second-order valence-corrected chi connectivity index (χ2v) is 5.30. The van der Waals surface area contributed by atoms with Crippen LogP contribution in [0.2, 0.25) is 0 Å². The van der Waals surface area contributed by atoms with Gasteiger partial charge >= 0.3 is 0 Å². The number of hydrogen-bond donors (Lipinski definition) is 1. The summed E-state index contributed by atoms with van der Waals surface area (Å²) in [5.41, 5.74) is 5.59. The number of anilines is 1. The van der Waals surface area contributed by atoms with Gasteiger partial charge in [0.05, 0.1) is 0 Å². The highest BCUT2D eigenvalue weighted by Crippen LogP contribution is 2.35. The standard InChI is InChI=1S/C10H17N3S.ClH/c1-7(8-3-4-8)13(2)6-9-5-12-10(11)14-9;/h5,7-8H,3-4,6H2,1-2H3,(H2,11,12);1H. The highest BCUT2D eigenvalue weighted by atomic mass is 35.5. The Morgan fingerprint density at radius 3 is 2.80 bits per heavy atom. The molecule has 15 heavy (non-hydrogen) atoms. The van der Waals surface area contributed by atoms with Crippen LogP contribution in [-0.4, -0.2) is 23.0 Å². The van der Waals surface area contributed by atoms with Gasteiger partial charge in [0.15, 0.2) is 5.13 Å². The van der Waals surface area contributed by atoms with Gasteiger partial charge in [0.1, 0.15) is 0 Å². The largest absolute Gasteiger partial charge is 0.375 e. The third kappa shape index (κ3) is 3.33. The quantitative estimate of drug-likeness (QED) is 0.888. The van der Waals surface area contributed by atoms with E-state index in [0.29, 0.717) is 11.2 Å². The van der Waals surface area contributed by atoms with Crippen molar-refractivity contribution in [1.29, 1.82) is 0 Å². The fraction of sp³-hybridized carbons (Fsp3) is 0.700. The lowest BCUT2D eigenvalue weighted by atomic mass is 10.2. The Bertz CT molecular complexity index is 311. The van der Waals surface area contributed by atoms with Crippen LogP contribution in [0.3, 0.4) is 0 Å². The Morgan fingerprint density at radius 2 is 2.33 bits per heavy atom. The van der Waals surface area contributed by atoms with Crippen molar-refractivity contribution in [3.05, 3.63) is 11.1 Å². The summed E-state index contributed by atoms with van der Waals surface area (Å²) in [6.07, 6.45) is 4.68. The smallest absolute Gasteiger partial charge is 0.180 e. The molecule has 0 aliphatic heterocycles. The van der Waals surface area contributed by atoms with E-state index in [9.17, 15) is 0 Å². The molecule has 1 atom stereocenters. The molecule has 2 N–H and O–H groups in total. The molecule has 1 aromatic rings. The molecular formula is C10H18ClN3S. The highest BCUT2D eigenvalue weighted by Gasteiger charge is 2.30. The summed E-state index contributed by atoms with van der Waals surface area (Å²) in [5.74, 6) is 0.922. The van der Waals surface area contributed by atoms with Crippen molar-refractivity contribution in [2.24, 2.45) is 5.92 Å². The summed E-state index contributed by atoms with van der Waals surface area (Å²) in [5, 5.41) is 0.674. The van der Waals surface area contributed by atoms with E-state index in [-0.39, 0.29) is 12.4 Å². The Labute approximate surface area is 101 Å². The zero-order valence-electron chi connectivity index (χ0n) is 9.14. The van der Waals surface area contributed by atoms with E-state index in [1.54, 1.807) is 11.3 Å². The van der Waals surface area contributed by atoms with E-state index in [2.05, 4.69) is 23.9 Å². The maximum Gasteiger partial charge on any atom is 0.180 e. The number of aromatic nitrogens is 1. The van der Waals surface area contributed by atoms with Crippen LogP contribution in [-0.2, 0) is 6.54 Å². The van der Waals surface area contributed by atoms with Crippen molar-refractivity contribution in [2.45, 2.75) is 32.4 Å². The second kappa shape index (κ2) is 5.14. The highest BCUT2D eigenvalue weighted by molar-refractivity contribution is 7.15. The summed E-state index contributed by atoms with van der Waals surface area (Å²) in [7, 11) is 2.18. The first kappa shape index (κ1) is 12.7. The molecule has 1 saturated carbocycles. The number of nitrogens with two attached hydrogens (primary N) is 1. The maximum absolute atomic E-state index is 5.59. The van der Waals surface area contributed by atoms with Crippen molar-refractivity contribution < 1.29 is 0 Å². The van der Waals surface area contributed by atoms with Gasteiger partial charge in [0, 0.05) is 23.7 Å². The number of nitrogens with zero attached hydrogens (tertiary/aromatic N) is 2. The average Bonchev–Trinajstić information content (AvgIpc) is 2.91. The Hall–Kier alpha value is -0.320. The van der Waals surface area contributed by atoms with Gasteiger partial charge in [0.2, 0.25) is 0 Å². The van der Waals surface area contributed by atoms with Gasteiger partial charge in [-0.2, -0.15) is 0 Å². The van der Waals surface area contributed by atoms with E-state index in [1.807, 2.05) is 6.20 Å². The monoisotopic (exact) mass is 247 g/mol. The molecule has 1 fully saturated rings. The molecule has 2 rings (SSSR count). The lowest BCUT2D eigenvalue weighted by Crippen LogP contribution is -2.29. The van der Waals surface area contributed by atoms with Crippen molar-refractivity contribution in [3.63, 3.8) is 0 Å². The number of halogens is 1. The zero-order chi connectivity index (χ0) is 10.1. The van der Waals surface area contributed by atoms with Crippen LogP contribution in [0.15, 0.2) is 6.20 Å². The predicted molar refractivity (Wildman–Crippen MR) is 67.4 cm³/mol. The Kier molecular flexibility index (Phi) is 4.37. The van der Waals surface area contributed by atoms with Crippen LogP contribution in [0, 0.1) is 5.92 Å². The van der Waals surface area contributed by atoms with E-state index in [4.69, 9.17) is 5.73 Å². The van der Waals surface area contributed by atoms with Crippen LogP contribution >= 0.6 is 23.7 Å². The van der Waals surface area contributed by atoms with Crippen molar-refractivity contribution >= 4 is 28.9 Å². The van der Waals surface area contributed by atoms with E-state index < -0.39 is 0 Å². The zero-order valence-corrected chi connectivity index (χ0v) is 10.8. The van der Waals surface area contributed by atoms with E-state index in [0.717, 1.165) is 12.5 Å². The lowest BCUT2D eigenvalue weighted by molar-refractivity contribution is 0.228. The SMILES string of the molecule is CC(C1CC1)N(C)Cc1cnc(N)s1.Cl. The summed E-state index contributed by atoms with van der Waals surface area (Å²) < 4.78 is 0. The van der Waals surface area contributed by atoms with Crippen molar-refractivity contribution in [2.75, 3.05) is 12.8 Å². The summed E-state index contributed by atoms with van der Waals surface area (Å²) in [6, 6.07) is 0.693. The van der Waals surface area contributed by atoms with Crippen LogP contribution in [0.4, 0.5) is 5.13 Å².